The number of carboxylic acid groups (broad SMARTS) is 1. The second-order valence-corrected chi connectivity index (χ2v) is 5.56. The number of hydrogen-bond acceptors (Lipinski definition) is 4. The summed E-state index contributed by atoms with van der Waals surface area (Å²) in [5.74, 6) is -0.164. The van der Waals surface area contributed by atoms with Gasteiger partial charge in [-0.05, 0) is 37.5 Å². The molecule has 0 radical (unpaired) electrons. The van der Waals surface area contributed by atoms with Crippen LogP contribution in [0.25, 0.3) is 0 Å². The number of amides is 1. The largest absolute Gasteiger partial charge is 0.493 e. The van der Waals surface area contributed by atoms with E-state index in [0.29, 0.717) is 43.1 Å². The first-order valence-corrected chi connectivity index (χ1v) is 7.93. The van der Waals surface area contributed by atoms with Crippen LogP contribution in [0.15, 0.2) is 18.2 Å². The normalized spacial score (nSPS) is 17.1. The summed E-state index contributed by atoms with van der Waals surface area (Å²) >= 11 is 0. The number of rotatable bonds is 7. The van der Waals surface area contributed by atoms with Crippen LogP contribution < -0.4 is 9.47 Å². The molecule has 1 amide bonds. The van der Waals surface area contributed by atoms with Gasteiger partial charge >= 0.3 is 5.97 Å². The maximum Gasteiger partial charge on any atom is 0.326 e. The van der Waals surface area contributed by atoms with Crippen molar-refractivity contribution >= 4 is 11.9 Å². The molecule has 1 atom stereocenters. The second kappa shape index (κ2) is 7.85. The summed E-state index contributed by atoms with van der Waals surface area (Å²) in [7, 11) is 1.52. The van der Waals surface area contributed by atoms with Gasteiger partial charge < -0.3 is 19.5 Å². The van der Waals surface area contributed by atoms with E-state index in [1.54, 1.807) is 18.2 Å². The third kappa shape index (κ3) is 3.94. The van der Waals surface area contributed by atoms with Crippen molar-refractivity contribution in [2.24, 2.45) is 0 Å². The number of unbranched alkanes of at least 4 members (excludes halogenated alkanes) is 1. The molecule has 0 spiro atoms. The Kier molecular flexibility index (Phi) is 5.84. The van der Waals surface area contributed by atoms with Crippen molar-refractivity contribution in [3.63, 3.8) is 0 Å². The first kappa shape index (κ1) is 17.1. The Morgan fingerprint density at radius 3 is 2.78 bits per heavy atom. The molecular weight excluding hydrogens is 298 g/mol. The standard InChI is InChI=1S/C17H23NO5/c1-3-4-10-23-14-8-7-12(11-15(14)22-2)16(19)18-9-5-6-13(18)17(20)21/h7-8,11,13H,3-6,9-10H2,1-2H3,(H,20,21). The van der Waals surface area contributed by atoms with E-state index in [2.05, 4.69) is 6.92 Å². The van der Waals surface area contributed by atoms with Crippen molar-refractivity contribution in [2.45, 2.75) is 38.6 Å². The highest BCUT2D eigenvalue weighted by molar-refractivity contribution is 5.97. The Hall–Kier alpha value is -2.24. The lowest BCUT2D eigenvalue weighted by Gasteiger charge is -2.22. The number of hydrogen-bond donors (Lipinski definition) is 1. The summed E-state index contributed by atoms with van der Waals surface area (Å²) in [6.45, 7) is 3.14. The summed E-state index contributed by atoms with van der Waals surface area (Å²) in [5.41, 5.74) is 0.415. The average Bonchev–Trinajstić information content (AvgIpc) is 3.04. The van der Waals surface area contributed by atoms with E-state index in [1.807, 2.05) is 0 Å². The lowest BCUT2D eigenvalue weighted by atomic mass is 10.1. The quantitative estimate of drug-likeness (QED) is 0.781. The van der Waals surface area contributed by atoms with Crippen molar-refractivity contribution in [2.75, 3.05) is 20.3 Å². The van der Waals surface area contributed by atoms with Gasteiger partial charge in [-0.1, -0.05) is 13.3 Å². The third-order valence-electron chi connectivity index (χ3n) is 3.96. The van der Waals surface area contributed by atoms with Crippen molar-refractivity contribution in [1.82, 2.24) is 4.90 Å². The van der Waals surface area contributed by atoms with Crippen molar-refractivity contribution in [3.05, 3.63) is 23.8 Å². The van der Waals surface area contributed by atoms with Crippen LogP contribution in [0.5, 0.6) is 11.5 Å². The molecule has 1 aromatic carbocycles. The second-order valence-electron chi connectivity index (χ2n) is 5.56. The van der Waals surface area contributed by atoms with Gasteiger partial charge in [0.2, 0.25) is 0 Å². The van der Waals surface area contributed by atoms with Crippen molar-refractivity contribution in [3.8, 4) is 11.5 Å². The Bertz CT molecular complexity index is 572. The molecule has 6 nitrogen and oxygen atoms in total. The molecule has 1 unspecified atom stereocenters. The Balaban J connectivity index is 2.16. The number of likely N-dealkylation sites (tertiary alicyclic amines) is 1. The fourth-order valence-electron chi connectivity index (χ4n) is 2.68. The van der Waals surface area contributed by atoms with Crippen LogP contribution in [-0.2, 0) is 4.79 Å². The van der Waals surface area contributed by atoms with Crippen LogP contribution in [0.1, 0.15) is 43.0 Å². The zero-order chi connectivity index (χ0) is 16.8. The van der Waals surface area contributed by atoms with Crippen LogP contribution in [-0.4, -0.2) is 48.2 Å². The molecule has 0 aliphatic carbocycles. The van der Waals surface area contributed by atoms with Crippen LogP contribution in [0, 0.1) is 0 Å². The average molecular weight is 321 g/mol. The molecule has 126 valence electrons. The Morgan fingerprint density at radius 2 is 2.13 bits per heavy atom. The molecule has 1 aliphatic heterocycles. The minimum Gasteiger partial charge on any atom is -0.493 e. The van der Waals surface area contributed by atoms with Gasteiger partial charge in [-0.3, -0.25) is 4.79 Å². The highest BCUT2D eigenvalue weighted by Crippen LogP contribution is 2.30. The van der Waals surface area contributed by atoms with Gasteiger partial charge in [0.15, 0.2) is 11.5 Å². The number of aliphatic carboxylic acids is 1. The molecule has 6 heteroatoms. The molecule has 0 aromatic heterocycles. The molecule has 1 aliphatic rings. The Morgan fingerprint density at radius 1 is 1.35 bits per heavy atom. The van der Waals surface area contributed by atoms with E-state index in [1.165, 1.54) is 12.0 Å². The fourth-order valence-corrected chi connectivity index (χ4v) is 2.68. The van der Waals surface area contributed by atoms with E-state index in [4.69, 9.17) is 9.47 Å². The first-order chi connectivity index (χ1) is 11.1. The van der Waals surface area contributed by atoms with E-state index in [9.17, 15) is 14.7 Å². The maximum atomic E-state index is 12.6. The van der Waals surface area contributed by atoms with E-state index in [0.717, 1.165) is 12.8 Å². The molecule has 23 heavy (non-hydrogen) atoms. The molecule has 1 saturated heterocycles. The minimum atomic E-state index is -0.956. The number of carbonyl (C=O) groups excluding carboxylic acids is 1. The summed E-state index contributed by atoms with van der Waals surface area (Å²) in [4.78, 5) is 25.2. The molecule has 1 N–H and O–H groups in total. The van der Waals surface area contributed by atoms with Gasteiger partial charge in [-0.15, -0.1) is 0 Å². The molecule has 0 saturated carbocycles. The Labute approximate surface area is 136 Å². The summed E-state index contributed by atoms with van der Waals surface area (Å²) in [6, 6.07) is 4.23. The molecular formula is C17H23NO5. The molecule has 0 bridgehead atoms. The molecule has 1 heterocycles. The number of ether oxygens (including phenoxy) is 2. The first-order valence-electron chi connectivity index (χ1n) is 7.93. The minimum absolute atomic E-state index is 0.284. The lowest BCUT2D eigenvalue weighted by molar-refractivity contribution is -0.141. The zero-order valence-electron chi connectivity index (χ0n) is 13.6. The number of nitrogens with zero attached hydrogens (tertiary/aromatic N) is 1. The van der Waals surface area contributed by atoms with Gasteiger partial charge in [0.1, 0.15) is 6.04 Å². The lowest BCUT2D eigenvalue weighted by Crippen LogP contribution is -2.40. The number of methoxy groups -OCH3 is 1. The van der Waals surface area contributed by atoms with Crippen LogP contribution >= 0.6 is 0 Å². The van der Waals surface area contributed by atoms with E-state index in [-0.39, 0.29) is 5.91 Å². The predicted molar refractivity (Wildman–Crippen MR) is 85.1 cm³/mol. The number of benzene rings is 1. The fraction of sp³-hybridized carbons (Fsp3) is 0.529. The highest BCUT2D eigenvalue weighted by atomic mass is 16.5. The maximum absolute atomic E-state index is 12.6. The van der Waals surface area contributed by atoms with Gasteiger partial charge in [-0.2, -0.15) is 0 Å². The predicted octanol–water partition coefficient (Wildman–Crippen LogP) is 2.56. The summed E-state index contributed by atoms with van der Waals surface area (Å²) in [5, 5.41) is 9.21. The molecule has 1 aromatic rings. The van der Waals surface area contributed by atoms with Gasteiger partial charge in [0, 0.05) is 12.1 Å². The van der Waals surface area contributed by atoms with Crippen LogP contribution in [0.2, 0.25) is 0 Å². The summed E-state index contributed by atoms with van der Waals surface area (Å²) < 4.78 is 10.9. The van der Waals surface area contributed by atoms with E-state index >= 15 is 0 Å². The number of carbonyl (C=O) groups is 2. The van der Waals surface area contributed by atoms with Crippen molar-refractivity contribution < 1.29 is 24.2 Å². The third-order valence-corrected chi connectivity index (χ3v) is 3.96. The topological polar surface area (TPSA) is 76.1 Å². The SMILES string of the molecule is CCCCOc1ccc(C(=O)N2CCCC2C(=O)O)cc1OC. The molecule has 1 fully saturated rings. The smallest absolute Gasteiger partial charge is 0.326 e. The van der Waals surface area contributed by atoms with Crippen LogP contribution in [0.3, 0.4) is 0 Å². The monoisotopic (exact) mass is 321 g/mol. The van der Waals surface area contributed by atoms with Gasteiger partial charge in [0.05, 0.1) is 13.7 Å². The van der Waals surface area contributed by atoms with E-state index < -0.39 is 12.0 Å². The zero-order valence-corrected chi connectivity index (χ0v) is 13.6. The number of carboxylic acids is 1. The van der Waals surface area contributed by atoms with Crippen LogP contribution in [0.4, 0.5) is 0 Å². The highest BCUT2D eigenvalue weighted by Gasteiger charge is 2.34. The molecule has 2 rings (SSSR count). The summed E-state index contributed by atoms with van der Waals surface area (Å²) in [6.07, 6.45) is 3.18. The van der Waals surface area contributed by atoms with Gasteiger partial charge in [0.25, 0.3) is 5.91 Å². The van der Waals surface area contributed by atoms with Gasteiger partial charge in [-0.25, -0.2) is 4.79 Å². The van der Waals surface area contributed by atoms with Crippen molar-refractivity contribution in [1.29, 1.82) is 0 Å².